The largest absolute Gasteiger partial charge is 0.455 e. The lowest BCUT2D eigenvalue weighted by molar-refractivity contribution is 0.447. The molecule has 13 rings (SSSR count). The van der Waals surface area contributed by atoms with Gasteiger partial charge in [0.1, 0.15) is 11.5 Å². The number of anilines is 3. The summed E-state index contributed by atoms with van der Waals surface area (Å²) in [5.41, 5.74) is 12.7. The highest BCUT2D eigenvalue weighted by Gasteiger charge is 2.51. The van der Waals surface area contributed by atoms with Crippen molar-refractivity contribution < 1.29 is 4.74 Å². The van der Waals surface area contributed by atoms with Crippen LogP contribution in [0.5, 0.6) is 11.5 Å². The molecule has 0 radical (unpaired) electrons. The molecule has 0 saturated carbocycles. The quantitative estimate of drug-likeness (QED) is 0.176. The minimum atomic E-state index is -0.561. The summed E-state index contributed by atoms with van der Waals surface area (Å²) < 4.78 is 9.74. The number of benzene rings is 10. The Balaban J connectivity index is 0.990. The molecule has 2 nitrogen and oxygen atoms in total. The number of thiophene rings is 1. The summed E-state index contributed by atoms with van der Waals surface area (Å²) in [6, 6.07) is 77.8. The Bertz CT molecular complexity index is 3440. The van der Waals surface area contributed by atoms with Gasteiger partial charge in [0, 0.05) is 53.4 Å². The van der Waals surface area contributed by atoms with E-state index in [0.717, 1.165) is 33.6 Å². The fourth-order valence-electron chi connectivity index (χ4n) is 10.3. The fourth-order valence-corrected chi connectivity index (χ4v) is 11.5. The van der Waals surface area contributed by atoms with Crippen LogP contribution < -0.4 is 9.64 Å². The van der Waals surface area contributed by atoms with Gasteiger partial charge in [-0.05, 0) is 92.7 Å². The maximum Gasteiger partial charge on any atom is 0.140 e. The first-order valence-corrected chi connectivity index (χ1v) is 21.4. The molecular weight excluding hydrogens is 747 g/mol. The van der Waals surface area contributed by atoms with E-state index in [1.54, 1.807) is 0 Å². The van der Waals surface area contributed by atoms with Crippen LogP contribution in [0.15, 0.2) is 212 Å². The summed E-state index contributed by atoms with van der Waals surface area (Å²) >= 11 is 1.86. The second-order valence-corrected chi connectivity index (χ2v) is 17.0. The molecule has 1 aliphatic carbocycles. The van der Waals surface area contributed by atoms with E-state index in [1.165, 1.54) is 81.1 Å². The van der Waals surface area contributed by atoms with E-state index in [4.69, 9.17) is 4.74 Å². The number of rotatable bonds is 4. The monoisotopic (exact) mass is 781 g/mol. The van der Waals surface area contributed by atoms with Crippen molar-refractivity contribution in [2.24, 2.45) is 0 Å². The zero-order valence-corrected chi connectivity index (χ0v) is 33.3. The third-order valence-electron chi connectivity index (χ3n) is 12.9. The Kier molecular flexibility index (Phi) is 7.13. The van der Waals surface area contributed by atoms with Crippen LogP contribution in [0.1, 0.15) is 22.3 Å². The molecule has 1 aliphatic heterocycles. The van der Waals surface area contributed by atoms with Crippen molar-refractivity contribution in [3.05, 3.63) is 235 Å². The molecular formula is C57H35NOS. The van der Waals surface area contributed by atoms with Crippen LogP contribution in [-0.2, 0) is 5.41 Å². The van der Waals surface area contributed by atoms with Gasteiger partial charge in [0.2, 0.25) is 0 Å². The zero-order chi connectivity index (χ0) is 39.4. The molecule has 3 heteroatoms. The number of hydrogen-bond acceptors (Lipinski definition) is 3. The number of fused-ring (bicyclic) bond motifs is 16. The molecule has 1 aromatic heterocycles. The first kappa shape index (κ1) is 33.5. The van der Waals surface area contributed by atoms with Crippen LogP contribution >= 0.6 is 11.3 Å². The minimum absolute atomic E-state index is 0.561. The number of para-hydroxylation sites is 1. The van der Waals surface area contributed by atoms with Gasteiger partial charge in [-0.25, -0.2) is 0 Å². The first-order chi connectivity index (χ1) is 29.8. The summed E-state index contributed by atoms with van der Waals surface area (Å²) in [4.78, 5) is 2.40. The molecule has 0 unspecified atom stereocenters. The van der Waals surface area contributed by atoms with Crippen molar-refractivity contribution in [2.45, 2.75) is 5.41 Å². The Labute approximate surface area is 351 Å². The van der Waals surface area contributed by atoms with Gasteiger partial charge < -0.3 is 9.64 Å². The van der Waals surface area contributed by atoms with Crippen LogP contribution in [0.3, 0.4) is 0 Å². The third-order valence-corrected chi connectivity index (χ3v) is 14.0. The van der Waals surface area contributed by atoms with E-state index in [9.17, 15) is 0 Å². The van der Waals surface area contributed by atoms with Crippen molar-refractivity contribution in [2.75, 3.05) is 4.90 Å². The summed E-state index contributed by atoms with van der Waals surface area (Å²) in [6.07, 6.45) is 0. The molecule has 0 bridgehead atoms. The van der Waals surface area contributed by atoms with Gasteiger partial charge in [-0.2, -0.15) is 0 Å². The molecule has 1 spiro atoms. The maximum absolute atomic E-state index is 7.14. The Morgan fingerprint density at radius 3 is 1.70 bits per heavy atom. The van der Waals surface area contributed by atoms with Crippen LogP contribution in [0.2, 0.25) is 0 Å². The highest BCUT2D eigenvalue weighted by molar-refractivity contribution is 7.26. The van der Waals surface area contributed by atoms with Gasteiger partial charge in [0.15, 0.2) is 0 Å². The summed E-state index contributed by atoms with van der Waals surface area (Å²) in [6.45, 7) is 0. The van der Waals surface area contributed by atoms with E-state index in [1.807, 2.05) is 11.3 Å². The van der Waals surface area contributed by atoms with E-state index in [-0.39, 0.29) is 0 Å². The molecule has 2 aliphatic rings. The second kappa shape index (κ2) is 12.8. The van der Waals surface area contributed by atoms with Crippen LogP contribution in [-0.4, -0.2) is 0 Å². The summed E-state index contributed by atoms with van der Waals surface area (Å²) in [7, 11) is 0. The standard InChI is InChI=1S/C57H35NOS/c1-2-15-40(16-3-1)58(51-22-12-24-53-54(51)45-20-9-11-23-52(45)60-53)41-30-25-36(26-31-41)39-29-32-48-46(35-39)44-19-8-10-21-47(44)57(48)49-33-27-37-13-4-6-17-42(37)55(49)59-56-43-18-7-5-14-38(43)28-34-50(56)57/h1-35H. The summed E-state index contributed by atoms with van der Waals surface area (Å²) in [5.74, 6) is 1.88. The van der Waals surface area contributed by atoms with E-state index >= 15 is 0 Å². The first-order valence-electron chi connectivity index (χ1n) is 20.6. The third kappa shape index (κ3) is 4.64. The predicted octanol–water partition coefficient (Wildman–Crippen LogP) is 16.0. The number of ether oxygens (including phenoxy) is 1. The topological polar surface area (TPSA) is 12.5 Å². The van der Waals surface area contributed by atoms with Gasteiger partial charge in [-0.3, -0.25) is 0 Å². The van der Waals surface area contributed by atoms with Gasteiger partial charge in [-0.1, -0.05) is 164 Å². The van der Waals surface area contributed by atoms with Crippen LogP contribution in [0.25, 0.3) is 64.0 Å². The molecule has 10 aromatic carbocycles. The van der Waals surface area contributed by atoms with Crippen LogP contribution in [0.4, 0.5) is 17.1 Å². The van der Waals surface area contributed by atoms with Gasteiger partial charge in [0.25, 0.3) is 0 Å². The average Bonchev–Trinajstić information content (AvgIpc) is 3.84. The highest BCUT2D eigenvalue weighted by atomic mass is 32.1. The molecule has 11 aromatic rings. The lowest BCUT2D eigenvalue weighted by Gasteiger charge is -2.40. The molecule has 0 amide bonds. The van der Waals surface area contributed by atoms with E-state index in [0.29, 0.717) is 0 Å². The van der Waals surface area contributed by atoms with Gasteiger partial charge in [-0.15, -0.1) is 11.3 Å². The second-order valence-electron chi connectivity index (χ2n) is 16.0. The molecule has 2 heterocycles. The Morgan fingerprint density at radius 1 is 0.383 bits per heavy atom. The number of hydrogen-bond donors (Lipinski definition) is 0. The average molecular weight is 782 g/mol. The molecule has 60 heavy (non-hydrogen) atoms. The highest BCUT2D eigenvalue weighted by Crippen LogP contribution is 2.64. The van der Waals surface area contributed by atoms with Crippen molar-refractivity contribution in [1.29, 1.82) is 0 Å². The summed E-state index contributed by atoms with van der Waals surface area (Å²) in [5, 5.41) is 7.18. The van der Waals surface area contributed by atoms with E-state index < -0.39 is 5.41 Å². The lowest BCUT2D eigenvalue weighted by atomic mass is 9.65. The molecule has 0 fully saturated rings. The Morgan fingerprint density at radius 2 is 0.950 bits per heavy atom. The zero-order valence-electron chi connectivity index (χ0n) is 32.5. The Hall–Kier alpha value is -7.46. The SMILES string of the molecule is c1ccc(N(c2ccc(-c3ccc4c(c3)-c3ccccc3C43c4ccc5ccccc5c4Oc4c3ccc3ccccc43)cc2)c2cccc3sc4ccccc4c23)cc1. The lowest BCUT2D eigenvalue weighted by Crippen LogP contribution is -2.32. The fraction of sp³-hybridized carbons (Fsp3) is 0.0175. The minimum Gasteiger partial charge on any atom is -0.455 e. The van der Waals surface area contributed by atoms with Crippen LogP contribution in [0, 0.1) is 0 Å². The molecule has 0 saturated heterocycles. The maximum atomic E-state index is 7.14. The van der Waals surface area contributed by atoms with Gasteiger partial charge in [0.05, 0.1) is 11.1 Å². The van der Waals surface area contributed by atoms with Crippen molar-refractivity contribution >= 4 is 70.1 Å². The molecule has 280 valence electrons. The van der Waals surface area contributed by atoms with Crippen molar-refractivity contribution in [3.8, 4) is 33.8 Å². The van der Waals surface area contributed by atoms with Gasteiger partial charge >= 0.3 is 0 Å². The normalized spacial score (nSPS) is 13.3. The van der Waals surface area contributed by atoms with Crippen molar-refractivity contribution in [3.63, 3.8) is 0 Å². The number of nitrogens with zero attached hydrogens (tertiary/aromatic N) is 1. The smallest absolute Gasteiger partial charge is 0.140 e. The predicted molar refractivity (Wildman–Crippen MR) is 252 cm³/mol. The molecule has 0 N–H and O–H groups in total. The molecule has 0 atom stereocenters. The van der Waals surface area contributed by atoms with E-state index in [2.05, 4.69) is 217 Å². The van der Waals surface area contributed by atoms with Crippen molar-refractivity contribution in [1.82, 2.24) is 0 Å².